The van der Waals surface area contributed by atoms with Crippen molar-refractivity contribution >= 4 is 76.5 Å². The molecule has 0 aliphatic carbocycles. The molecule has 0 unspecified atom stereocenters. The van der Waals surface area contributed by atoms with Gasteiger partial charge in [-0.1, -0.05) is 78.9 Å². The van der Waals surface area contributed by atoms with Crippen molar-refractivity contribution in [1.82, 2.24) is 13.8 Å². The lowest BCUT2D eigenvalue weighted by molar-refractivity contribution is 1.30. The van der Waals surface area contributed by atoms with E-state index in [1.54, 1.807) is 0 Å². The topological polar surface area (TPSA) is 21.7 Å². The van der Waals surface area contributed by atoms with Crippen LogP contribution >= 0.6 is 0 Å². The van der Waals surface area contributed by atoms with Crippen molar-refractivity contribution in [2.75, 3.05) is 0 Å². The van der Waals surface area contributed by atoms with Crippen LogP contribution in [0, 0.1) is 0 Å². The van der Waals surface area contributed by atoms with Gasteiger partial charge in [0.2, 0.25) is 0 Å². The molecule has 0 atom stereocenters. The third kappa shape index (κ3) is 2.55. The van der Waals surface area contributed by atoms with Gasteiger partial charge in [0.05, 0.1) is 33.1 Å². The van der Waals surface area contributed by atoms with Crippen molar-refractivity contribution in [3.05, 3.63) is 127 Å². The molecule has 4 heterocycles. The molecule has 0 saturated carbocycles. The largest absolute Gasteiger partial charge is 0.307 e. The van der Waals surface area contributed by atoms with E-state index in [0.29, 0.717) is 0 Å². The average molecular weight is 484 g/mol. The van der Waals surface area contributed by atoms with Gasteiger partial charge in [-0.3, -0.25) is 0 Å². The summed E-state index contributed by atoms with van der Waals surface area (Å²) in [5, 5.41) is 7.25. The molecule has 5 aromatic carbocycles. The lowest BCUT2D eigenvalue weighted by atomic mass is 10.1. The van der Waals surface area contributed by atoms with Crippen molar-refractivity contribution in [1.29, 1.82) is 0 Å². The van der Waals surface area contributed by atoms with Gasteiger partial charge >= 0.3 is 0 Å². The third-order valence-corrected chi connectivity index (χ3v) is 8.02. The predicted octanol–water partition coefficient (Wildman–Crippen LogP) is 9.07. The maximum absolute atomic E-state index is 5.11. The number of nitrogens with zero attached hydrogens (tertiary/aromatic N) is 3. The molecule has 0 aliphatic heterocycles. The van der Waals surface area contributed by atoms with Crippen LogP contribution in [-0.2, 0) is 0 Å². The predicted molar refractivity (Wildman–Crippen MR) is 160 cm³/mol. The number of fused-ring (bicyclic) bond motifs is 16. The van der Waals surface area contributed by atoms with Gasteiger partial charge in [0, 0.05) is 43.4 Å². The molecule has 3 heteroatoms. The van der Waals surface area contributed by atoms with E-state index < -0.39 is 0 Å². The summed E-state index contributed by atoms with van der Waals surface area (Å²) in [5.41, 5.74) is 9.08. The van der Waals surface area contributed by atoms with Crippen LogP contribution in [0.3, 0.4) is 0 Å². The molecule has 176 valence electrons. The Kier molecular flexibility index (Phi) is 3.79. The summed E-state index contributed by atoms with van der Waals surface area (Å²) < 4.78 is 4.88. The molecular formula is C35H21N3. The van der Waals surface area contributed by atoms with Crippen molar-refractivity contribution in [3.63, 3.8) is 0 Å². The Morgan fingerprint density at radius 1 is 0.395 bits per heavy atom. The van der Waals surface area contributed by atoms with Gasteiger partial charge in [0.15, 0.2) is 0 Å². The smallest absolute Gasteiger partial charge is 0.0788 e. The monoisotopic (exact) mass is 483 g/mol. The quantitative estimate of drug-likeness (QED) is 0.211. The zero-order chi connectivity index (χ0) is 24.8. The number of aromatic nitrogens is 3. The Balaban J connectivity index is 1.76. The second-order valence-corrected chi connectivity index (χ2v) is 10.1. The molecular weight excluding hydrogens is 462 g/mol. The molecule has 6 bridgehead atoms. The van der Waals surface area contributed by atoms with E-state index in [2.05, 4.69) is 136 Å². The number of rotatable bonds is 0. The van der Waals surface area contributed by atoms with E-state index in [1.807, 2.05) is 0 Å². The Morgan fingerprint density at radius 3 is 1.39 bits per heavy atom. The van der Waals surface area contributed by atoms with Crippen LogP contribution in [0.15, 0.2) is 127 Å². The van der Waals surface area contributed by atoms with Gasteiger partial charge in [-0.2, -0.15) is 0 Å². The van der Waals surface area contributed by atoms with E-state index in [9.17, 15) is 0 Å². The SMILES string of the molecule is c1cc2nc(c1)c1cccc(c1)n1c3ccccc3c3ccc4c5ccccc5n(c5cccc2c5)c4c31. The normalized spacial score (nSPS) is 12.2. The highest BCUT2D eigenvalue weighted by Crippen LogP contribution is 2.39. The van der Waals surface area contributed by atoms with Crippen molar-refractivity contribution < 1.29 is 0 Å². The molecule has 0 aliphatic rings. The molecule has 3 nitrogen and oxygen atoms in total. The van der Waals surface area contributed by atoms with Crippen molar-refractivity contribution in [2.24, 2.45) is 0 Å². The zero-order valence-corrected chi connectivity index (χ0v) is 20.5. The fraction of sp³-hybridized carbons (Fsp3) is 0. The first-order valence-corrected chi connectivity index (χ1v) is 13.0. The maximum atomic E-state index is 5.11. The highest BCUT2D eigenvalue weighted by atomic mass is 15.0. The van der Waals surface area contributed by atoms with Crippen LogP contribution < -0.4 is 0 Å². The summed E-state index contributed by atoms with van der Waals surface area (Å²) in [6, 6.07) is 46.0. The molecule has 38 heavy (non-hydrogen) atoms. The van der Waals surface area contributed by atoms with E-state index >= 15 is 0 Å². The lowest BCUT2D eigenvalue weighted by Crippen LogP contribution is -1.89. The summed E-state index contributed by atoms with van der Waals surface area (Å²) in [6.45, 7) is 0. The van der Waals surface area contributed by atoms with Crippen LogP contribution in [0.5, 0.6) is 0 Å². The molecule has 0 amide bonds. The fourth-order valence-corrected chi connectivity index (χ4v) is 6.40. The summed E-state index contributed by atoms with van der Waals surface area (Å²) in [4.78, 5) is 5.11. The van der Waals surface area contributed by atoms with Crippen LogP contribution in [0.25, 0.3) is 76.5 Å². The number of pyridine rings is 1. The van der Waals surface area contributed by atoms with E-state index in [4.69, 9.17) is 4.98 Å². The first-order valence-electron chi connectivity index (χ1n) is 13.0. The molecule has 9 aromatic rings. The Bertz CT molecular complexity index is 2290. The summed E-state index contributed by atoms with van der Waals surface area (Å²) in [5.74, 6) is 0. The summed E-state index contributed by atoms with van der Waals surface area (Å²) in [7, 11) is 0. The van der Waals surface area contributed by atoms with E-state index in [1.165, 1.54) is 43.6 Å². The van der Waals surface area contributed by atoms with Crippen LogP contribution in [-0.4, -0.2) is 13.8 Å². The van der Waals surface area contributed by atoms with Gasteiger partial charge < -0.3 is 8.80 Å². The van der Waals surface area contributed by atoms with E-state index in [-0.39, 0.29) is 0 Å². The molecule has 0 fully saturated rings. The third-order valence-electron chi connectivity index (χ3n) is 8.02. The first-order chi connectivity index (χ1) is 18.8. The number of hydrogen-bond acceptors (Lipinski definition) is 1. The van der Waals surface area contributed by atoms with Crippen molar-refractivity contribution in [3.8, 4) is 0 Å². The minimum Gasteiger partial charge on any atom is -0.307 e. The average Bonchev–Trinajstić information content (AvgIpc) is 3.50. The van der Waals surface area contributed by atoms with Gasteiger partial charge in [0.25, 0.3) is 0 Å². The highest BCUT2D eigenvalue weighted by molar-refractivity contribution is 6.23. The second-order valence-electron chi connectivity index (χ2n) is 10.1. The van der Waals surface area contributed by atoms with Crippen LogP contribution in [0.4, 0.5) is 0 Å². The molecule has 0 saturated heterocycles. The highest BCUT2D eigenvalue weighted by Gasteiger charge is 2.17. The minimum atomic E-state index is 0.977. The number of para-hydroxylation sites is 2. The van der Waals surface area contributed by atoms with Gasteiger partial charge in [-0.25, -0.2) is 4.98 Å². The maximum Gasteiger partial charge on any atom is 0.0788 e. The summed E-state index contributed by atoms with van der Waals surface area (Å²) >= 11 is 0. The Morgan fingerprint density at radius 2 is 0.868 bits per heavy atom. The zero-order valence-electron chi connectivity index (χ0n) is 20.5. The minimum absolute atomic E-state index is 0.977. The molecule has 9 rings (SSSR count). The van der Waals surface area contributed by atoms with Crippen LogP contribution in [0.1, 0.15) is 0 Å². The van der Waals surface area contributed by atoms with Gasteiger partial charge in [-0.05, 0) is 48.5 Å². The molecule has 0 N–H and O–H groups in total. The van der Waals surface area contributed by atoms with Crippen molar-refractivity contribution in [2.45, 2.75) is 0 Å². The lowest BCUT2D eigenvalue weighted by Gasteiger charge is -2.05. The summed E-state index contributed by atoms with van der Waals surface area (Å²) in [6.07, 6.45) is 0. The van der Waals surface area contributed by atoms with E-state index in [0.717, 1.165) is 32.8 Å². The Labute approximate surface area is 217 Å². The fourth-order valence-electron chi connectivity index (χ4n) is 6.40. The second kappa shape index (κ2) is 7.21. The molecule has 0 spiro atoms. The molecule has 4 aromatic heterocycles. The van der Waals surface area contributed by atoms with Crippen LogP contribution in [0.2, 0.25) is 0 Å². The van der Waals surface area contributed by atoms with Gasteiger partial charge in [0.1, 0.15) is 0 Å². The molecule has 0 radical (unpaired) electrons. The van der Waals surface area contributed by atoms with Gasteiger partial charge in [-0.15, -0.1) is 0 Å². The number of hydrogen-bond donors (Lipinski definition) is 0. The number of benzene rings is 5. The standard InChI is InChI=1S/C35H21N3/c1-3-16-32-26(12-1)28-18-19-29-27-13-2-4-17-33(27)38-25-11-6-9-23(21-25)31-15-7-14-30(36-31)22-8-5-10-24(20-22)37(32)34(28)35(29)38/h1-21H. The first kappa shape index (κ1) is 20.0. The Hall–Kier alpha value is -5.15.